The van der Waals surface area contributed by atoms with Crippen LogP contribution in [0, 0.1) is 0 Å². The van der Waals surface area contributed by atoms with Gasteiger partial charge in [0.25, 0.3) is 0 Å². The third-order valence-corrected chi connectivity index (χ3v) is 2.81. The van der Waals surface area contributed by atoms with Gasteiger partial charge in [0.05, 0.1) is 11.1 Å². The number of hydrogen-bond donors (Lipinski definition) is 1. The predicted octanol–water partition coefficient (Wildman–Crippen LogP) is 2.97. The molecule has 94 valence electrons. The summed E-state index contributed by atoms with van der Waals surface area (Å²) in [7, 11) is 0. The van der Waals surface area contributed by atoms with E-state index >= 15 is 0 Å². The molecular formula is C11H12BrClO4. The maximum atomic E-state index is 10.5. The topological polar surface area (TPSA) is 55.8 Å². The Morgan fingerprint density at radius 2 is 2.24 bits per heavy atom. The first-order chi connectivity index (χ1) is 8.00. The van der Waals surface area contributed by atoms with Crippen molar-refractivity contribution in [3.05, 3.63) is 27.7 Å². The van der Waals surface area contributed by atoms with Crippen LogP contribution in [0.4, 0.5) is 0 Å². The van der Waals surface area contributed by atoms with Crippen molar-refractivity contribution in [3.8, 4) is 5.75 Å². The summed E-state index contributed by atoms with van der Waals surface area (Å²) in [4.78, 5) is 10.5. The number of carboxylic acids is 1. The van der Waals surface area contributed by atoms with Crippen molar-refractivity contribution in [3.63, 3.8) is 0 Å². The molecule has 0 spiro atoms. The molecule has 0 radical (unpaired) electrons. The second-order valence-corrected chi connectivity index (χ2v) is 4.57. The van der Waals surface area contributed by atoms with E-state index in [9.17, 15) is 4.79 Å². The Labute approximate surface area is 113 Å². The molecule has 0 aliphatic heterocycles. The van der Waals surface area contributed by atoms with Crippen LogP contribution in [-0.4, -0.2) is 30.4 Å². The first kappa shape index (κ1) is 14.3. The summed E-state index contributed by atoms with van der Waals surface area (Å²) in [6, 6.07) is 5.16. The molecule has 0 aliphatic rings. The summed E-state index contributed by atoms with van der Waals surface area (Å²) in [6.07, 6.45) is -0.827. The van der Waals surface area contributed by atoms with Crippen molar-refractivity contribution in [2.45, 2.75) is 13.0 Å². The smallest absolute Gasteiger partial charge is 0.332 e. The Hall–Kier alpha value is -0.780. The molecule has 0 aromatic heterocycles. The van der Waals surface area contributed by atoms with Gasteiger partial charge in [0.1, 0.15) is 12.4 Å². The fraction of sp³-hybridized carbons (Fsp3) is 0.364. The van der Waals surface area contributed by atoms with Crippen LogP contribution in [0.2, 0.25) is 5.02 Å². The van der Waals surface area contributed by atoms with E-state index in [0.29, 0.717) is 10.8 Å². The summed E-state index contributed by atoms with van der Waals surface area (Å²) < 4.78 is 11.2. The maximum absolute atomic E-state index is 10.5. The lowest BCUT2D eigenvalue weighted by Gasteiger charge is -2.10. The van der Waals surface area contributed by atoms with Gasteiger partial charge in [-0.2, -0.15) is 0 Å². The van der Waals surface area contributed by atoms with Crippen molar-refractivity contribution in [2.24, 2.45) is 0 Å². The molecule has 0 amide bonds. The van der Waals surface area contributed by atoms with Gasteiger partial charge in [0, 0.05) is 5.02 Å². The monoisotopic (exact) mass is 322 g/mol. The summed E-state index contributed by atoms with van der Waals surface area (Å²) >= 11 is 9.09. The second-order valence-electron chi connectivity index (χ2n) is 3.27. The number of carboxylic acid groups (broad SMARTS) is 1. The van der Waals surface area contributed by atoms with Crippen molar-refractivity contribution in [1.82, 2.24) is 0 Å². The minimum Gasteiger partial charge on any atom is -0.490 e. The van der Waals surface area contributed by atoms with E-state index < -0.39 is 12.1 Å². The molecule has 0 saturated heterocycles. The van der Waals surface area contributed by atoms with Crippen LogP contribution in [0.25, 0.3) is 0 Å². The zero-order valence-corrected chi connectivity index (χ0v) is 11.5. The first-order valence-corrected chi connectivity index (χ1v) is 6.10. The van der Waals surface area contributed by atoms with Crippen LogP contribution in [-0.2, 0) is 9.53 Å². The first-order valence-electron chi connectivity index (χ1n) is 4.93. The molecule has 0 bridgehead atoms. The summed E-state index contributed by atoms with van der Waals surface area (Å²) in [6.45, 7) is 1.96. The lowest BCUT2D eigenvalue weighted by molar-refractivity contribution is -0.149. The van der Waals surface area contributed by atoms with Gasteiger partial charge < -0.3 is 14.6 Å². The molecule has 17 heavy (non-hydrogen) atoms. The maximum Gasteiger partial charge on any atom is 0.332 e. The molecule has 1 aromatic rings. The quantitative estimate of drug-likeness (QED) is 0.818. The summed E-state index contributed by atoms with van der Waals surface area (Å²) in [5, 5.41) is 9.20. The van der Waals surface area contributed by atoms with Crippen LogP contribution >= 0.6 is 27.5 Å². The normalized spacial score (nSPS) is 12.2. The Balaban J connectivity index is 2.34. The van der Waals surface area contributed by atoms with Crippen molar-refractivity contribution < 1.29 is 19.4 Å². The zero-order chi connectivity index (χ0) is 12.8. The number of hydrogen-bond acceptors (Lipinski definition) is 3. The molecule has 1 rings (SSSR count). The number of aliphatic carboxylic acids is 1. The van der Waals surface area contributed by atoms with Crippen molar-refractivity contribution in [1.29, 1.82) is 0 Å². The lowest BCUT2D eigenvalue weighted by Crippen LogP contribution is -2.22. The van der Waals surface area contributed by atoms with E-state index in [1.54, 1.807) is 18.2 Å². The molecule has 0 heterocycles. The lowest BCUT2D eigenvalue weighted by atomic mass is 10.3. The molecule has 1 unspecified atom stereocenters. The van der Waals surface area contributed by atoms with E-state index in [1.807, 2.05) is 0 Å². The number of benzene rings is 1. The van der Waals surface area contributed by atoms with Crippen molar-refractivity contribution >= 4 is 33.5 Å². The van der Waals surface area contributed by atoms with Gasteiger partial charge in [0.2, 0.25) is 0 Å². The average Bonchev–Trinajstić information content (AvgIpc) is 2.26. The van der Waals surface area contributed by atoms with Gasteiger partial charge in [-0.1, -0.05) is 11.6 Å². The Bertz CT molecular complexity index is 397. The van der Waals surface area contributed by atoms with Gasteiger partial charge in [-0.05, 0) is 41.1 Å². The van der Waals surface area contributed by atoms with E-state index in [-0.39, 0.29) is 13.2 Å². The standard InChI is InChI=1S/C11H12BrClO4/c1-7(11(14)15)16-4-5-17-10-3-2-8(13)6-9(10)12/h2-3,6-7H,4-5H2,1H3,(H,14,15). The Morgan fingerprint density at radius 1 is 1.53 bits per heavy atom. The molecule has 1 atom stereocenters. The van der Waals surface area contributed by atoms with Gasteiger partial charge in [-0.15, -0.1) is 0 Å². The molecule has 6 heteroatoms. The second kappa shape index (κ2) is 6.83. The van der Waals surface area contributed by atoms with E-state index in [4.69, 9.17) is 26.2 Å². The zero-order valence-electron chi connectivity index (χ0n) is 9.15. The summed E-state index contributed by atoms with van der Waals surface area (Å²) in [5.41, 5.74) is 0. The van der Waals surface area contributed by atoms with Gasteiger partial charge >= 0.3 is 5.97 Å². The van der Waals surface area contributed by atoms with E-state index in [2.05, 4.69) is 15.9 Å². The Kier molecular flexibility index (Phi) is 5.74. The highest BCUT2D eigenvalue weighted by atomic mass is 79.9. The van der Waals surface area contributed by atoms with Crippen molar-refractivity contribution in [2.75, 3.05) is 13.2 Å². The van der Waals surface area contributed by atoms with Gasteiger partial charge in [-0.25, -0.2) is 4.79 Å². The predicted molar refractivity (Wildman–Crippen MR) is 67.7 cm³/mol. The van der Waals surface area contributed by atoms with E-state index in [0.717, 1.165) is 4.47 Å². The molecule has 0 fully saturated rings. The highest BCUT2D eigenvalue weighted by Gasteiger charge is 2.10. The third-order valence-electron chi connectivity index (χ3n) is 1.95. The largest absolute Gasteiger partial charge is 0.490 e. The molecular weight excluding hydrogens is 311 g/mol. The molecule has 1 aromatic carbocycles. The van der Waals surface area contributed by atoms with Crippen LogP contribution in [0.3, 0.4) is 0 Å². The molecule has 0 aliphatic carbocycles. The Morgan fingerprint density at radius 3 is 2.82 bits per heavy atom. The van der Waals surface area contributed by atoms with Gasteiger partial charge in [-0.3, -0.25) is 0 Å². The van der Waals surface area contributed by atoms with E-state index in [1.165, 1.54) is 6.92 Å². The highest BCUT2D eigenvalue weighted by molar-refractivity contribution is 9.10. The van der Waals surface area contributed by atoms with Crippen LogP contribution in [0.1, 0.15) is 6.92 Å². The van der Waals surface area contributed by atoms with Crippen LogP contribution in [0.15, 0.2) is 22.7 Å². The summed E-state index contributed by atoms with van der Waals surface area (Å²) in [5.74, 6) is -0.348. The molecule has 0 saturated carbocycles. The number of rotatable bonds is 6. The fourth-order valence-corrected chi connectivity index (χ4v) is 1.84. The highest BCUT2D eigenvalue weighted by Crippen LogP contribution is 2.27. The number of ether oxygens (including phenoxy) is 2. The molecule has 1 N–H and O–H groups in total. The third kappa shape index (κ3) is 4.93. The van der Waals surface area contributed by atoms with Crippen LogP contribution in [0.5, 0.6) is 5.75 Å². The number of halogens is 2. The minimum absolute atomic E-state index is 0.211. The minimum atomic E-state index is -0.988. The number of carbonyl (C=O) groups is 1. The SMILES string of the molecule is CC(OCCOc1ccc(Cl)cc1Br)C(=O)O. The van der Waals surface area contributed by atoms with Gasteiger partial charge in [0.15, 0.2) is 6.10 Å². The average molecular weight is 324 g/mol. The molecule has 4 nitrogen and oxygen atoms in total. The fourth-order valence-electron chi connectivity index (χ4n) is 1.04. The van der Waals surface area contributed by atoms with Crippen LogP contribution < -0.4 is 4.74 Å².